The molecule has 1 aromatic heterocycles. The number of nitrogens with zero attached hydrogens (tertiary/aromatic N) is 2. The predicted molar refractivity (Wildman–Crippen MR) is 82.5 cm³/mol. The highest BCUT2D eigenvalue weighted by molar-refractivity contribution is 5.59. The van der Waals surface area contributed by atoms with Crippen molar-refractivity contribution in [3.63, 3.8) is 0 Å². The molecule has 1 aromatic carbocycles. The van der Waals surface area contributed by atoms with Gasteiger partial charge in [-0.1, -0.05) is 6.07 Å². The van der Waals surface area contributed by atoms with Crippen molar-refractivity contribution in [1.82, 2.24) is 9.78 Å². The fourth-order valence-corrected chi connectivity index (χ4v) is 2.64. The Bertz CT molecular complexity index is 616. The van der Waals surface area contributed by atoms with E-state index in [0.717, 1.165) is 17.1 Å². The van der Waals surface area contributed by atoms with Gasteiger partial charge in [0, 0.05) is 18.3 Å². The number of ether oxygens (including phenoxy) is 1. The van der Waals surface area contributed by atoms with Crippen LogP contribution in [-0.4, -0.2) is 16.9 Å². The van der Waals surface area contributed by atoms with E-state index in [9.17, 15) is 0 Å². The van der Waals surface area contributed by atoms with E-state index >= 15 is 0 Å². The molecule has 0 saturated heterocycles. The zero-order valence-electron chi connectivity index (χ0n) is 13.1. The normalized spacial score (nSPS) is 12.3. The molecule has 0 saturated carbocycles. The molecule has 20 heavy (non-hydrogen) atoms. The lowest BCUT2D eigenvalue weighted by atomic mass is 10.1. The number of methoxy groups -OCH3 is 1. The summed E-state index contributed by atoms with van der Waals surface area (Å²) < 4.78 is 7.37. The summed E-state index contributed by atoms with van der Waals surface area (Å²) in [6.45, 7) is 8.36. The Morgan fingerprint density at radius 2 is 1.95 bits per heavy atom. The Labute approximate surface area is 120 Å². The maximum Gasteiger partial charge on any atom is 0.142 e. The number of rotatable bonds is 4. The highest BCUT2D eigenvalue weighted by Gasteiger charge is 2.17. The maximum atomic E-state index is 5.45. The lowest BCUT2D eigenvalue weighted by molar-refractivity contribution is 0.415. The van der Waals surface area contributed by atoms with Crippen molar-refractivity contribution >= 4 is 5.69 Å². The predicted octanol–water partition coefficient (Wildman–Crippen LogP) is 3.53. The fraction of sp³-hybridized carbons (Fsp3) is 0.438. The third-order valence-electron chi connectivity index (χ3n) is 3.73. The average Bonchev–Trinajstić information content (AvgIpc) is 2.65. The zero-order chi connectivity index (χ0) is 14.9. The molecule has 0 aliphatic carbocycles. The Morgan fingerprint density at radius 3 is 2.50 bits per heavy atom. The lowest BCUT2D eigenvalue weighted by Gasteiger charge is -2.18. The van der Waals surface area contributed by atoms with E-state index in [4.69, 9.17) is 4.74 Å². The quantitative estimate of drug-likeness (QED) is 0.926. The Kier molecular flexibility index (Phi) is 4.02. The molecule has 0 radical (unpaired) electrons. The van der Waals surface area contributed by atoms with Crippen LogP contribution in [0.4, 0.5) is 5.69 Å². The number of hydrogen-bond donors (Lipinski definition) is 1. The van der Waals surface area contributed by atoms with Gasteiger partial charge in [-0.05, 0) is 45.4 Å². The Balaban J connectivity index is 2.30. The molecule has 108 valence electrons. The minimum Gasteiger partial charge on any atom is -0.495 e. The van der Waals surface area contributed by atoms with E-state index in [-0.39, 0.29) is 6.04 Å². The van der Waals surface area contributed by atoms with E-state index in [2.05, 4.69) is 43.3 Å². The van der Waals surface area contributed by atoms with Crippen LogP contribution in [0, 0.1) is 20.8 Å². The molecule has 1 N–H and O–H groups in total. The molecular weight excluding hydrogens is 250 g/mol. The zero-order valence-corrected chi connectivity index (χ0v) is 13.1. The first-order valence-electron chi connectivity index (χ1n) is 6.85. The van der Waals surface area contributed by atoms with E-state index in [1.165, 1.54) is 16.8 Å². The van der Waals surface area contributed by atoms with Crippen molar-refractivity contribution in [3.8, 4) is 5.75 Å². The summed E-state index contributed by atoms with van der Waals surface area (Å²) in [4.78, 5) is 0. The van der Waals surface area contributed by atoms with Gasteiger partial charge >= 0.3 is 0 Å². The molecule has 0 amide bonds. The second kappa shape index (κ2) is 5.57. The Morgan fingerprint density at radius 1 is 1.25 bits per heavy atom. The van der Waals surface area contributed by atoms with Crippen LogP contribution in [0.25, 0.3) is 0 Å². The minimum atomic E-state index is 0.181. The summed E-state index contributed by atoms with van der Waals surface area (Å²) >= 11 is 0. The van der Waals surface area contributed by atoms with Crippen LogP contribution in [-0.2, 0) is 7.05 Å². The average molecular weight is 273 g/mol. The van der Waals surface area contributed by atoms with Gasteiger partial charge in [0.05, 0.1) is 24.5 Å². The first kappa shape index (κ1) is 14.4. The van der Waals surface area contributed by atoms with Crippen LogP contribution in [0.1, 0.15) is 35.5 Å². The monoisotopic (exact) mass is 273 g/mol. The summed E-state index contributed by atoms with van der Waals surface area (Å²) in [6, 6.07) is 6.37. The van der Waals surface area contributed by atoms with Crippen molar-refractivity contribution in [2.75, 3.05) is 12.4 Å². The van der Waals surface area contributed by atoms with Crippen LogP contribution >= 0.6 is 0 Å². The van der Waals surface area contributed by atoms with Gasteiger partial charge in [-0.3, -0.25) is 4.68 Å². The molecule has 1 heterocycles. The molecule has 0 aliphatic rings. The Hall–Kier alpha value is -1.97. The summed E-state index contributed by atoms with van der Waals surface area (Å²) in [7, 11) is 3.68. The number of benzene rings is 1. The molecule has 1 atom stereocenters. The topological polar surface area (TPSA) is 39.1 Å². The van der Waals surface area contributed by atoms with E-state index < -0.39 is 0 Å². The van der Waals surface area contributed by atoms with E-state index in [1.807, 2.05) is 24.7 Å². The number of anilines is 1. The molecule has 2 rings (SSSR count). The van der Waals surface area contributed by atoms with Crippen molar-refractivity contribution in [1.29, 1.82) is 0 Å². The first-order valence-corrected chi connectivity index (χ1v) is 6.85. The molecule has 0 spiro atoms. The van der Waals surface area contributed by atoms with Crippen LogP contribution in [0.5, 0.6) is 5.75 Å². The van der Waals surface area contributed by atoms with Crippen LogP contribution in [0.3, 0.4) is 0 Å². The molecule has 0 fully saturated rings. The van der Waals surface area contributed by atoms with Gasteiger partial charge in [0.15, 0.2) is 0 Å². The SMILES string of the molecule is COc1cc(C)ccc1NC(C)c1c(C)nn(C)c1C. The standard InChI is InChI=1S/C16H23N3O/c1-10-7-8-14(15(9-10)20-6)17-11(2)16-12(3)18-19(5)13(16)4/h7-9,11,17H,1-6H3. The second-order valence-corrected chi connectivity index (χ2v) is 5.28. The van der Waals surface area contributed by atoms with E-state index in [0.29, 0.717) is 0 Å². The highest BCUT2D eigenvalue weighted by Crippen LogP contribution is 2.30. The van der Waals surface area contributed by atoms with Gasteiger partial charge in [0.2, 0.25) is 0 Å². The third-order valence-corrected chi connectivity index (χ3v) is 3.73. The maximum absolute atomic E-state index is 5.45. The number of aromatic nitrogens is 2. The number of aryl methyl sites for hydroxylation is 3. The number of nitrogens with one attached hydrogen (secondary N) is 1. The fourth-order valence-electron chi connectivity index (χ4n) is 2.64. The van der Waals surface area contributed by atoms with Crippen LogP contribution < -0.4 is 10.1 Å². The lowest BCUT2D eigenvalue weighted by Crippen LogP contribution is -2.10. The van der Waals surface area contributed by atoms with Crippen molar-refractivity contribution in [2.45, 2.75) is 33.7 Å². The minimum absolute atomic E-state index is 0.181. The molecule has 0 aliphatic heterocycles. The summed E-state index contributed by atoms with van der Waals surface area (Å²) in [6.07, 6.45) is 0. The highest BCUT2D eigenvalue weighted by atomic mass is 16.5. The summed E-state index contributed by atoms with van der Waals surface area (Å²) in [5.41, 5.74) is 5.70. The second-order valence-electron chi connectivity index (χ2n) is 5.28. The van der Waals surface area contributed by atoms with Crippen molar-refractivity contribution in [2.24, 2.45) is 7.05 Å². The molecule has 0 bridgehead atoms. The van der Waals surface area contributed by atoms with Gasteiger partial charge in [-0.15, -0.1) is 0 Å². The van der Waals surface area contributed by atoms with Crippen molar-refractivity contribution in [3.05, 3.63) is 40.7 Å². The van der Waals surface area contributed by atoms with Crippen LogP contribution in [0.15, 0.2) is 18.2 Å². The van der Waals surface area contributed by atoms with Gasteiger partial charge in [-0.2, -0.15) is 5.10 Å². The van der Waals surface area contributed by atoms with E-state index in [1.54, 1.807) is 7.11 Å². The third kappa shape index (κ3) is 2.64. The molecule has 4 heteroatoms. The van der Waals surface area contributed by atoms with Gasteiger partial charge in [-0.25, -0.2) is 0 Å². The van der Waals surface area contributed by atoms with Gasteiger partial charge in [0.1, 0.15) is 5.75 Å². The molecule has 1 unspecified atom stereocenters. The van der Waals surface area contributed by atoms with Gasteiger partial charge in [0.25, 0.3) is 0 Å². The summed E-state index contributed by atoms with van der Waals surface area (Å²) in [5, 5.41) is 8.00. The molecular formula is C16H23N3O. The molecule has 4 nitrogen and oxygen atoms in total. The van der Waals surface area contributed by atoms with Gasteiger partial charge < -0.3 is 10.1 Å². The first-order chi connectivity index (χ1) is 9.43. The van der Waals surface area contributed by atoms with Crippen molar-refractivity contribution < 1.29 is 4.74 Å². The largest absolute Gasteiger partial charge is 0.495 e. The molecule has 2 aromatic rings. The number of hydrogen-bond acceptors (Lipinski definition) is 3. The van der Waals surface area contributed by atoms with Crippen LogP contribution in [0.2, 0.25) is 0 Å². The summed E-state index contributed by atoms with van der Waals surface area (Å²) in [5.74, 6) is 0.871. The smallest absolute Gasteiger partial charge is 0.142 e.